The summed E-state index contributed by atoms with van der Waals surface area (Å²) in [7, 11) is 0. The highest BCUT2D eigenvalue weighted by molar-refractivity contribution is 5.43. The Hall–Kier alpha value is -0.630. The maximum absolute atomic E-state index is 3.72. The highest BCUT2D eigenvalue weighted by Crippen LogP contribution is 1.98. The summed E-state index contributed by atoms with van der Waals surface area (Å²) in [5.41, 5.74) is 2.47. The zero-order chi connectivity index (χ0) is 8.27. The first-order valence-electron chi connectivity index (χ1n) is 3.90. The van der Waals surface area contributed by atoms with Crippen LogP contribution in [0.1, 0.15) is 18.2 Å². The van der Waals surface area contributed by atoms with Crippen LogP contribution in [0.3, 0.4) is 0 Å². The second-order valence-electron chi connectivity index (χ2n) is 2.59. The van der Waals surface area contributed by atoms with Gasteiger partial charge in [-0.15, -0.1) is 0 Å². The van der Waals surface area contributed by atoms with Crippen LogP contribution in [-0.4, -0.2) is 0 Å². The van der Waals surface area contributed by atoms with Gasteiger partial charge in [0.05, 0.1) is 0 Å². The predicted octanol–water partition coefficient (Wildman–Crippen LogP) is -1.05. The summed E-state index contributed by atoms with van der Waals surface area (Å²) in [5, 5.41) is 0. The first kappa shape index (κ1) is 11.4. The lowest BCUT2D eigenvalue weighted by Gasteiger charge is -1.96. The standard InChI is InChI=1S/C10H14N.BrH/c1-4-10-7-6-9(3)11(5-2)8-10;/h4,6-8H,1,5H2,2-3H3;1H/q+1;/p-1. The second kappa shape index (κ2) is 5.09. The van der Waals surface area contributed by atoms with Crippen molar-refractivity contribution in [2.75, 3.05) is 0 Å². The van der Waals surface area contributed by atoms with E-state index in [1.807, 2.05) is 6.08 Å². The lowest BCUT2D eigenvalue weighted by Crippen LogP contribution is -3.00. The van der Waals surface area contributed by atoms with Crippen LogP contribution in [0.15, 0.2) is 24.9 Å². The van der Waals surface area contributed by atoms with Gasteiger partial charge in [-0.1, -0.05) is 12.7 Å². The Morgan fingerprint density at radius 1 is 1.50 bits per heavy atom. The smallest absolute Gasteiger partial charge is 0.178 e. The van der Waals surface area contributed by atoms with Gasteiger partial charge in [0.2, 0.25) is 0 Å². The van der Waals surface area contributed by atoms with Gasteiger partial charge in [-0.25, -0.2) is 4.57 Å². The number of nitrogens with zero attached hydrogens (tertiary/aromatic N) is 1. The van der Waals surface area contributed by atoms with E-state index in [4.69, 9.17) is 0 Å². The molecule has 0 unspecified atom stereocenters. The van der Waals surface area contributed by atoms with E-state index in [0.29, 0.717) is 0 Å². The molecule has 0 radical (unpaired) electrons. The van der Waals surface area contributed by atoms with Crippen molar-refractivity contribution < 1.29 is 21.5 Å². The molecule has 0 aromatic carbocycles. The van der Waals surface area contributed by atoms with Crippen molar-refractivity contribution in [1.82, 2.24) is 0 Å². The van der Waals surface area contributed by atoms with Gasteiger partial charge in [0, 0.05) is 18.6 Å². The van der Waals surface area contributed by atoms with Crippen LogP contribution in [0.5, 0.6) is 0 Å². The minimum atomic E-state index is 0. The van der Waals surface area contributed by atoms with E-state index in [2.05, 4.69) is 43.3 Å². The molecule has 1 nitrogen and oxygen atoms in total. The van der Waals surface area contributed by atoms with Crippen LogP contribution >= 0.6 is 0 Å². The van der Waals surface area contributed by atoms with E-state index in [0.717, 1.165) is 6.54 Å². The van der Waals surface area contributed by atoms with E-state index >= 15 is 0 Å². The highest BCUT2D eigenvalue weighted by atomic mass is 79.9. The Labute approximate surface area is 84.5 Å². The molecule has 12 heavy (non-hydrogen) atoms. The fourth-order valence-electron chi connectivity index (χ4n) is 1.10. The Bertz CT molecular complexity index is 269. The molecule has 0 saturated carbocycles. The first-order chi connectivity index (χ1) is 5.27. The van der Waals surface area contributed by atoms with Crippen molar-refractivity contribution in [1.29, 1.82) is 0 Å². The van der Waals surface area contributed by atoms with E-state index < -0.39 is 0 Å². The third-order valence-corrected chi connectivity index (χ3v) is 1.85. The zero-order valence-electron chi connectivity index (χ0n) is 7.55. The number of aromatic nitrogens is 1. The van der Waals surface area contributed by atoms with Gasteiger partial charge in [0.15, 0.2) is 11.9 Å². The van der Waals surface area contributed by atoms with E-state index in [9.17, 15) is 0 Å². The van der Waals surface area contributed by atoms with Crippen LogP contribution < -0.4 is 21.5 Å². The largest absolute Gasteiger partial charge is 1.00 e. The molecule has 0 amide bonds. The maximum atomic E-state index is 3.72. The molecule has 1 aromatic heterocycles. The summed E-state index contributed by atoms with van der Waals surface area (Å²) >= 11 is 0. The van der Waals surface area contributed by atoms with Gasteiger partial charge in [-0.2, -0.15) is 0 Å². The van der Waals surface area contributed by atoms with Crippen LogP contribution in [0, 0.1) is 6.92 Å². The molecule has 1 aromatic rings. The summed E-state index contributed by atoms with van der Waals surface area (Å²) < 4.78 is 2.21. The summed E-state index contributed by atoms with van der Waals surface area (Å²) in [6.45, 7) is 8.99. The fraction of sp³-hybridized carbons (Fsp3) is 0.300. The molecular formula is C10H14BrN. The monoisotopic (exact) mass is 227 g/mol. The highest BCUT2D eigenvalue weighted by Gasteiger charge is 2.01. The lowest BCUT2D eigenvalue weighted by atomic mass is 10.2. The van der Waals surface area contributed by atoms with Crippen molar-refractivity contribution in [2.45, 2.75) is 20.4 Å². The molecule has 0 aliphatic rings. The topological polar surface area (TPSA) is 3.88 Å². The number of halogens is 1. The molecule has 0 fully saturated rings. The number of pyridine rings is 1. The van der Waals surface area contributed by atoms with Gasteiger partial charge in [0.25, 0.3) is 0 Å². The van der Waals surface area contributed by atoms with E-state index in [1.165, 1.54) is 11.3 Å². The molecular weight excluding hydrogens is 214 g/mol. The molecule has 0 N–H and O–H groups in total. The molecule has 0 bridgehead atoms. The Balaban J connectivity index is 0.00000121. The number of hydrogen-bond acceptors (Lipinski definition) is 0. The van der Waals surface area contributed by atoms with E-state index in [-0.39, 0.29) is 17.0 Å². The third kappa shape index (κ3) is 2.45. The van der Waals surface area contributed by atoms with Crippen molar-refractivity contribution >= 4 is 6.08 Å². The molecule has 1 heterocycles. The molecule has 66 valence electrons. The normalized spacial score (nSPS) is 8.83. The summed E-state index contributed by atoms with van der Waals surface area (Å²) in [6, 6.07) is 4.19. The predicted molar refractivity (Wildman–Crippen MR) is 47.1 cm³/mol. The maximum Gasteiger partial charge on any atom is 0.178 e. The lowest BCUT2D eigenvalue weighted by molar-refractivity contribution is -0.699. The van der Waals surface area contributed by atoms with Gasteiger partial charge in [-0.05, 0) is 13.0 Å². The van der Waals surface area contributed by atoms with Gasteiger partial charge in [-0.3, -0.25) is 0 Å². The molecule has 0 spiro atoms. The van der Waals surface area contributed by atoms with Crippen molar-refractivity contribution in [3.05, 3.63) is 36.2 Å². The Morgan fingerprint density at radius 2 is 2.17 bits per heavy atom. The number of aryl methyl sites for hydroxylation is 2. The first-order valence-corrected chi connectivity index (χ1v) is 3.90. The van der Waals surface area contributed by atoms with Gasteiger partial charge >= 0.3 is 0 Å². The molecule has 0 atom stereocenters. The second-order valence-corrected chi connectivity index (χ2v) is 2.59. The van der Waals surface area contributed by atoms with Crippen LogP contribution in [0.4, 0.5) is 0 Å². The minimum Gasteiger partial charge on any atom is -1.00 e. The molecule has 0 aliphatic heterocycles. The molecule has 2 heteroatoms. The average molecular weight is 228 g/mol. The van der Waals surface area contributed by atoms with Crippen LogP contribution in [0.2, 0.25) is 0 Å². The number of rotatable bonds is 2. The van der Waals surface area contributed by atoms with Crippen molar-refractivity contribution in [3.8, 4) is 0 Å². The third-order valence-electron chi connectivity index (χ3n) is 1.85. The van der Waals surface area contributed by atoms with E-state index in [1.54, 1.807) is 0 Å². The summed E-state index contributed by atoms with van der Waals surface area (Å²) in [6.07, 6.45) is 3.98. The molecule has 1 rings (SSSR count). The summed E-state index contributed by atoms with van der Waals surface area (Å²) in [4.78, 5) is 0. The SMILES string of the molecule is C=Cc1ccc(C)[n+](CC)c1.[Br-]. The van der Waals surface area contributed by atoms with Crippen LogP contribution in [-0.2, 0) is 6.54 Å². The molecule has 0 saturated heterocycles. The minimum absolute atomic E-state index is 0. The van der Waals surface area contributed by atoms with Crippen molar-refractivity contribution in [3.63, 3.8) is 0 Å². The summed E-state index contributed by atoms with van der Waals surface area (Å²) in [5.74, 6) is 0. The van der Waals surface area contributed by atoms with Gasteiger partial charge in [0.1, 0.15) is 6.54 Å². The Morgan fingerprint density at radius 3 is 2.67 bits per heavy atom. The zero-order valence-corrected chi connectivity index (χ0v) is 9.13. The Kier molecular flexibility index (Phi) is 4.83. The van der Waals surface area contributed by atoms with Gasteiger partial charge < -0.3 is 17.0 Å². The average Bonchev–Trinajstić information content (AvgIpc) is 2.05. The molecule has 0 aliphatic carbocycles. The number of hydrogen-bond donors (Lipinski definition) is 0. The van der Waals surface area contributed by atoms with Crippen LogP contribution in [0.25, 0.3) is 6.08 Å². The quantitative estimate of drug-likeness (QED) is 0.569. The fourth-order valence-corrected chi connectivity index (χ4v) is 1.10. The van der Waals surface area contributed by atoms with Crippen molar-refractivity contribution in [2.24, 2.45) is 0 Å².